The molecule has 18 heavy (non-hydrogen) atoms. The molecule has 1 aliphatic rings. The van der Waals surface area contributed by atoms with Crippen molar-refractivity contribution in [1.82, 2.24) is 5.32 Å². The summed E-state index contributed by atoms with van der Waals surface area (Å²) in [6, 6.07) is 3.86. The number of thioether (sulfide) groups is 1. The lowest BCUT2D eigenvalue weighted by molar-refractivity contribution is 0.501. The van der Waals surface area contributed by atoms with E-state index in [-0.39, 0.29) is 22.5 Å². The van der Waals surface area contributed by atoms with Gasteiger partial charge in [0, 0.05) is 18.3 Å². The second-order valence-corrected chi connectivity index (χ2v) is 7.35. The first-order chi connectivity index (χ1) is 8.54. The molecular weight excluding hydrogens is 273 g/mol. The van der Waals surface area contributed by atoms with Gasteiger partial charge in [0.15, 0.2) is 9.84 Å². The third-order valence-corrected chi connectivity index (χ3v) is 5.48. The molecule has 0 bridgehead atoms. The molecule has 0 aliphatic carbocycles. The minimum absolute atomic E-state index is 0.0635. The van der Waals surface area contributed by atoms with E-state index in [1.807, 2.05) is 6.26 Å². The van der Waals surface area contributed by atoms with Gasteiger partial charge in [0.2, 0.25) is 0 Å². The van der Waals surface area contributed by atoms with Gasteiger partial charge in [0.1, 0.15) is 5.82 Å². The number of hydrogen-bond acceptors (Lipinski definition) is 4. The molecule has 0 aromatic heterocycles. The van der Waals surface area contributed by atoms with Crippen LogP contribution in [0.15, 0.2) is 23.1 Å². The van der Waals surface area contributed by atoms with Crippen LogP contribution in [0.1, 0.15) is 18.0 Å². The maximum Gasteiger partial charge on any atom is 0.178 e. The van der Waals surface area contributed by atoms with Crippen molar-refractivity contribution in [3.05, 3.63) is 29.6 Å². The fourth-order valence-corrected chi connectivity index (χ4v) is 4.08. The number of nitrogens with one attached hydrogen (secondary N) is 1. The third-order valence-electron chi connectivity index (χ3n) is 3.05. The highest BCUT2D eigenvalue weighted by atomic mass is 32.2. The van der Waals surface area contributed by atoms with E-state index >= 15 is 0 Å². The molecule has 1 N–H and O–H groups in total. The van der Waals surface area contributed by atoms with Crippen LogP contribution >= 0.6 is 11.8 Å². The molecule has 0 saturated carbocycles. The van der Waals surface area contributed by atoms with Crippen LogP contribution in [0.25, 0.3) is 0 Å². The standard InChI is InChI=1S/C12H16FNO2S2/c1-17-6-5-14-11-4-7-18(15,16)12-3-2-9(13)8-10(11)12/h2-3,8,11,14H,4-7H2,1H3. The predicted molar refractivity (Wildman–Crippen MR) is 72.2 cm³/mol. The molecule has 0 saturated heterocycles. The molecule has 6 heteroatoms. The first kappa shape index (κ1) is 13.8. The zero-order valence-corrected chi connectivity index (χ0v) is 11.8. The molecule has 0 radical (unpaired) electrons. The molecule has 0 fully saturated rings. The van der Waals surface area contributed by atoms with Crippen molar-refractivity contribution < 1.29 is 12.8 Å². The molecule has 1 aromatic rings. The second-order valence-electron chi connectivity index (χ2n) is 4.29. The molecule has 1 heterocycles. The average Bonchev–Trinajstić information content (AvgIpc) is 2.32. The van der Waals surface area contributed by atoms with Crippen LogP contribution in [-0.2, 0) is 9.84 Å². The number of halogens is 1. The molecule has 1 aliphatic heterocycles. The first-order valence-electron chi connectivity index (χ1n) is 5.79. The van der Waals surface area contributed by atoms with Crippen LogP contribution in [0, 0.1) is 5.82 Å². The SMILES string of the molecule is CSCCNC1CCS(=O)(=O)c2ccc(F)cc21. The summed E-state index contributed by atoms with van der Waals surface area (Å²) in [5.74, 6) is 0.693. The monoisotopic (exact) mass is 289 g/mol. The smallest absolute Gasteiger partial charge is 0.178 e. The Bertz CT molecular complexity index is 531. The number of sulfone groups is 1. The van der Waals surface area contributed by atoms with Crippen LogP contribution in [0.5, 0.6) is 0 Å². The minimum Gasteiger partial charge on any atom is -0.309 e. The summed E-state index contributed by atoms with van der Waals surface area (Å²) in [4.78, 5) is 0.275. The van der Waals surface area contributed by atoms with Crippen LogP contribution in [0.2, 0.25) is 0 Å². The van der Waals surface area contributed by atoms with Gasteiger partial charge in [-0.15, -0.1) is 0 Å². The summed E-state index contributed by atoms with van der Waals surface area (Å²) < 4.78 is 37.1. The van der Waals surface area contributed by atoms with Gasteiger partial charge >= 0.3 is 0 Å². The number of benzene rings is 1. The van der Waals surface area contributed by atoms with E-state index in [1.54, 1.807) is 11.8 Å². The lowest BCUT2D eigenvalue weighted by Crippen LogP contribution is -2.31. The molecule has 0 amide bonds. The van der Waals surface area contributed by atoms with E-state index in [9.17, 15) is 12.8 Å². The van der Waals surface area contributed by atoms with Gasteiger partial charge in [0.25, 0.3) is 0 Å². The molecule has 100 valence electrons. The molecule has 1 atom stereocenters. The predicted octanol–water partition coefficient (Wildman–Crippen LogP) is 2.00. The summed E-state index contributed by atoms with van der Waals surface area (Å²) in [6.07, 6.45) is 2.52. The lowest BCUT2D eigenvalue weighted by atomic mass is 10.0. The van der Waals surface area contributed by atoms with Crippen LogP contribution in [0.4, 0.5) is 4.39 Å². The fraction of sp³-hybridized carbons (Fsp3) is 0.500. The summed E-state index contributed by atoms with van der Waals surface area (Å²) in [7, 11) is -3.23. The maximum atomic E-state index is 13.3. The van der Waals surface area contributed by atoms with Crippen molar-refractivity contribution in [3.63, 3.8) is 0 Å². The maximum absolute atomic E-state index is 13.3. The molecule has 1 aromatic carbocycles. The summed E-state index contributed by atoms with van der Waals surface area (Å²) in [6.45, 7) is 0.793. The van der Waals surface area contributed by atoms with Crippen molar-refractivity contribution in [2.75, 3.05) is 24.3 Å². The van der Waals surface area contributed by atoms with Gasteiger partial charge < -0.3 is 5.32 Å². The minimum atomic E-state index is -3.23. The van der Waals surface area contributed by atoms with E-state index in [4.69, 9.17) is 0 Å². The molecule has 0 spiro atoms. The largest absolute Gasteiger partial charge is 0.309 e. The van der Waals surface area contributed by atoms with Gasteiger partial charge in [-0.1, -0.05) is 0 Å². The molecular formula is C12H16FNO2S2. The van der Waals surface area contributed by atoms with Crippen LogP contribution < -0.4 is 5.32 Å². The van der Waals surface area contributed by atoms with Gasteiger partial charge in [-0.3, -0.25) is 0 Å². The Morgan fingerprint density at radius 3 is 3.00 bits per heavy atom. The highest BCUT2D eigenvalue weighted by Crippen LogP contribution is 2.32. The van der Waals surface area contributed by atoms with Crippen molar-refractivity contribution in [1.29, 1.82) is 0 Å². The second kappa shape index (κ2) is 5.59. The van der Waals surface area contributed by atoms with Gasteiger partial charge in [0.05, 0.1) is 10.6 Å². The van der Waals surface area contributed by atoms with E-state index in [0.717, 1.165) is 12.3 Å². The quantitative estimate of drug-likeness (QED) is 0.680. The fourth-order valence-electron chi connectivity index (χ4n) is 2.16. The van der Waals surface area contributed by atoms with Crippen LogP contribution in [0.3, 0.4) is 0 Å². The Labute approximate surface area is 111 Å². The Kier molecular flexibility index (Phi) is 4.29. The number of hydrogen-bond donors (Lipinski definition) is 1. The van der Waals surface area contributed by atoms with E-state index in [2.05, 4.69) is 5.32 Å². The van der Waals surface area contributed by atoms with Crippen molar-refractivity contribution in [2.24, 2.45) is 0 Å². The van der Waals surface area contributed by atoms with Crippen molar-refractivity contribution >= 4 is 21.6 Å². The molecule has 3 nitrogen and oxygen atoms in total. The van der Waals surface area contributed by atoms with E-state index in [0.29, 0.717) is 12.0 Å². The van der Waals surface area contributed by atoms with E-state index in [1.165, 1.54) is 18.2 Å². The zero-order chi connectivity index (χ0) is 13.2. The summed E-state index contributed by atoms with van der Waals surface area (Å²) >= 11 is 1.72. The molecule has 1 unspecified atom stereocenters. The van der Waals surface area contributed by atoms with Crippen molar-refractivity contribution in [3.8, 4) is 0 Å². The Hall–Kier alpha value is -0.590. The first-order valence-corrected chi connectivity index (χ1v) is 8.84. The number of rotatable bonds is 4. The number of fused-ring (bicyclic) bond motifs is 1. The Morgan fingerprint density at radius 1 is 1.50 bits per heavy atom. The van der Waals surface area contributed by atoms with E-state index < -0.39 is 9.84 Å². The average molecular weight is 289 g/mol. The highest BCUT2D eigenvalue weighted by Gasteiger charge is 2.30. The Balaban J connectivity index is 2.30. The zero-order valence-electron chi connectivity index (χ0n) is 10.1. The van der Waals surface area contributed by atoms with Gasteiger partial charge in [-0.2, -0.15) is 11.8 Å². The van der Waals surface area contributed by atoms with Gasteiger partial charge in [-0.05, 0) is 36.4 Å². The highest BCUT2D eigenvalue weighted by molar-refractivity contribution is 7.98. The van der Waals surface area contributed by atoms with Crippen LogP contribution in [-0.4, -0.2) is 32.7 Å². The lowest BCUT2D eigenvalue weighted by Gasteiger charge is -2.26. The third kappa shape index (κ3) is 2.87. The van der Waals surface area contributed by atoms with Gasteiger partial charge in [-0.25, -0.2) is 12.8 Å². The van der Waals surface area contributed by atoms with Crippen molar-refractivity contribution in [2.45, 2.75) is 17.4 Å². The normalized spacial score (nSPS) is 21.6. The topological polar surface area (TPSA) is 46.2 Å². The summed E-state index contributed by atoms with van der Waals surface area (Å²) in [5.41, 5.74) is 0.572. The Morgan fingerprint density at radius 2 is 2.28 bits per heavy atom. The summed E-state index contributed by atoms with van der Waals surface area (Å²) in [5, 5.41) is 3.29. The molecule has 2 rings (SSSR count).